The molecule has 0 amide bonds. The first-order chi connectivity index (χ1) is 22.8. The van der Waals surface area contributed by atoms with Gasteiger partial charge < -0.3 is 9.13 Å². The van der Waals surface area contributed by atoms with E-state index in [1.54, 1.807) is 0 Å². The van der Waals surface area contributed by atoms with Crippen LogP contribution in [-0.2, 0) is 6.42 Å². The van der Waals surface area contributed by atoms with Gasteiger partial charge in [0.2, 0.25) is 0 Å². The molecule has 0 saturated heterocycles. The molecule has 3 atom stereocenters. The predicted octanol–water partition coefficient (Wildman–Crippen LogP) is 10.5. The molecule has 3 nitrogen and oxygen atoms in total. The molecule has 2 heterocycles. The zero-order valence-corrected chi connectivity index (χ0v) is 25.8. The van der Waals surface area contributed by atoms with Gasteiger partial charge in [0.15, 0.2) is 0 Å². The second-order valence-corrected chi connectivity index (χ2v) is 12.9. The Morgan fingerprint density at radius 2 is 1.41 bits per heavy atom. The number of nitriles is 1. The zero-order valence-electron chi connectivity index (χ0n) is 25.8. The first-order valence-corrected chi connectivity index (χ1v) is 16.6. The zero-order chi connectivity index (χ0) is 30.6. The molecule has 4 aliphatic carbocycles. The van der Waals surface area contributed by atoms with E-state index < -0.39 is 0 Å². The summed E-state index contributed by atoms with van der Waals surface area (Å²) >= 11 is 0. The summed E-state index contributed by atoms with van der Waals surface area (Å²) < 4.78 is 5.13. The highest BCUT2D eigenvalue weighted by atomic mass is 15.0. The summed E-state index contributed by atoms with van der Waals surface area (Å²) in [6.07, 6.45) is 28.7. The van der Waals surface area contributed by atoms with Crippen molar-refractivity contribution < 1.29 is 0 Å². The van der Waals surface area contributed by atoms with E-state index in [0.29, 0.717) is 11.5 Å². The maximum Gasteiger partial charge on any atom is 0.0992 e. The maximum atomic E-state index is 9.78. The fraction of sp³-hybridized carbons (Fsp3) is 0.186. The van der Waals surface area contributed by atoms with Crippen molar-refractivity contribution in [3.63, 3.8) is 0 Å². The molecular formula is C43H35N3. The van der Waals surface area contributed by atoms with Gasteiger partial charge in [-0.1, -0.05) is 109 Å². The summed E-state index contributed by atoms with van der Waals surface area (Å²) in [6.45, 7) is 0. The van der Waals surface area contributed by atoms with Crippen molar-refractivity contribution in [1.29, 1.82) is 5.26 Å². The van der Waals surface area contributed by atoms with E-state index in [1.165, 1.54) is 55.5 Å². The van der Waals surface area contributed by atoms with Gasteiger partial charge in [-0.25, -0.2) is 0 Å². The number of hydrogen-bond donors (Lipinski definition) is 0. The van der Waals surface area contributed by atoms with E-state index in [9.17, 15) is 5.26 Å². The van der Waals surface area contributed by atoms with Crippen LogP contribution in [0.25, 0.3) is 39.6 Å². The molecule has 222 valence electrons. The first kappa shape index (κ1) is 27.0. The van der Waals surface area contributed by atoms with Gasteiger partial charge in [0.1, 0.15) is 0 Å². The van der Waals surface area contributed by atoms with Gasteiger partial charge >= 0.3 is 0 Å². The molecule has 0 radical (unpaired) electrons. The second-order valence-electron chi connectivity index (χ2n) is 12.9. The van der Waals surface area contributed by atoms with E-state index in [4.69, 9.17) is 0 Å². The highest BCUT2D eigenvalue weighted by Crippen LogP contribution is 2.50. The van der Waals surface area contributed by atoms with E-state index in [-0.39, 0.29) is 12.0 Å². The van der Waals surface area contributed by atoms with Gasteiger partial charge in [0, 0.05) is 56.3 Å². The Morgan fingerprint density at radius 3 is 2.28 bits per heavy atom. The van der Waals surface area contributed by atoms with Crippen LogP contribution in [0.3, 0.4) is 0 Å². The lowest BCUT2D eigenvalue weighted by Crippen LogP contribution is -2.25. The normalized spacial score (nSPS) is 21.6. The molecule has 0 N–H and O–H groups in total. The molecule has 2 aromatic heterocycles. The minimum atomic E-state index is 0.221. The molecule has 0 aliphatic heterocycles. The van der Waals surface area contributed by atoms with Crippen LogP contribution >= 0.6 is 0 Å². The Kier molecular flexibility index (Phi) is 6.42. The predicted molar refractivity (Wildman–Crippen MR) is 190 cm³/mol. The van der Waals surface area contributed by atoms with E-state index in [0.717, 1.165) is 37.8 Å². The second kappa shape index (κ2) is 10.9. The van der Waals surface area contributed by atoms with Crippen LogP contribution in [0.2, 0.25) is 0 Å². The van der Waals surface area contributed by atoms with E-state index in [2.05, 4.69) is 131 Å². The highest BCUT2D eigenvalue weighted by Gasteiger charge is 2.36. The van der Waals surface area contributed by atoms with Gasteiger partial charge in [-0.2, -0.15) is 5.26 Å². The van der Waals surface area contributed by atoms with Crippen molar-refractivity contribution >= 4 is 34.0 Å². The third kappa shape index (κ3) is 4.10. The first-order valence-electron chi connectivity index (χ1n) is 16.6. The highest BCUT2D eigenvalue weighted by molar-refractivity contribution is 5.94. The van der Waals surface area contributed by atoms with Crippen molar-refractivity contribution in [2.24, 2.45) is 5.92 Å². The van der Waals surface area contributed by atoms with Gasteiger partial charge in [0.05, 0.1) is 23.2 Å². The number of allylic oxidation sites excluding steroid dienone is 10. The molecule has 5 aromatic rings. The summed E-state index contributed by atoms with van der Waals surface area (Å²) in [5, 5.41) is 12.4. The number of aromatic nitrogens is 2. The number of hydrogen-bond acceptors (Lipinski definition) is 1. The van der Waals surface area contributed by atoms with Crippen LogP contribution in [0.4, 0.5) is 0 Å². The van der Waals surface area contributed by atoms with Crippen molar-refractivity contribution in [2.75, 3.05) is 0 Å². The smallest absolute Gasteiger partial charge is 0.0992 e. The summed E-state index contributed by atoms with van der Waals surface area (Å²) in [4.78, 5) is 0. The molecule has 3 unspecified atom stereocenters. The van der Waals surface area contributed by atoms with Gasteiger partial charge in [-0.3, -0.25) is 0 Å². The number of nitrogens with zero attached hydrogens (tertiary/aromatic N) is 3. The number of para-hydroxylation sites is 2. The average Bonchev–Trinajstić information content (AvgIpc) is 3.65. The number of benzene rings is 3. The Labute approximate surface area is 270 Å². The lowest BCUT2D eigenvalue weighted by atomic mass is 9.71. The molecule has 0 spiro atoms. The molecule has 3 heteroatoms. The molecular weight excluding hydrogens is 558 g/mol. The summed E-state index contributed by atoms with van der Waals surface area (Å²) in [7, 11) is 0. The summed E-state index contributed by atoms with van der Waals surface area (Å²) in [5.74, 6) is 0.524. The van der Waals surface area contributed by atoms with Crippen LogP contribution in [0.15, 0.2) is 133 Å². The average molecular weight is 594 g/mol. The Bertz CT molecular complexity index is 2270. The van der Waals surface area contributed by atoms with E-state index in [1.807, 2.05) is 18.2 Å². The summed E-state index contributed by atoms with van der Waals surface area (Å²) in [6, 6.07) is 28.5. The van der Waals surface area contributed by atoms with Gasteiger partial charge in [-0.05, 0) is 68.0 Å². The standard InChI is InChI=1S/C43H35N3/c44-28-29-13-11-14-30(27-29)45-39-23-7-6-20-36(39)38-22-12-21-37(43(38)45)32-16-2-1-15-31(32)33-17-3-8-24-40(33)46-41-25-9-4-18-34(41)35-19-5-10-26-42(35)46/h1-9,11-14,16-20,22-23,25,27,31,37,40H,10,15,21,24,26H2. The molecule has 9 rings (SSSR count). The van der Waals surface area contributed by atoms with Crippen LogP contribution < -0.4 is 0 Å². The number of rotatable bonds is 4. The Morgan fingerprint density at radius 1 is 0.674 bits per heavy atom. The monoisotopic (exact) mass is 593 g/mol. The molecule has 0 bridgehead atoms. The molecule has 46 heavy (non-hydrogen) atoms. The summed E-state index contributed by atoms with van der Waals surface area (Å²) in [5.41, 5.74) is 12.8. The van der Waals surface area contributed by atoms with Crippen LogP contribution in [0, 0.1) is 17.2 Å². The largest absolute Gasteiger partial charge is 0.336 e. The molecule has 0 saturated carbocycles. The molecule has 4 aliphatic rings. The third-order valence-corrected chi connectivity index (χ3v) is 10.5. The minimum Gasteiger partial charge on any atom is -0.336 e. The fourth-order valence-electron chi connectivity index (χ4n) is 8.65. The van der Waals surface area contributed by atoms with Crippen molar-refractivity contribution in [3.05, 3.63) is 161 Å². The number of fused-ring (bicyclic) bond motifs is 6. The van der Waals surface area contributed by atoms with Gasteiger partial charge in [0.25, 0.3) is 0 Å². The van der Waals surface area contributed by atoms with Crippen molar-refractivity contribution in [2.45, 2.75) is 44.1 Å². The Hall–Kier alpha value is -5.33. The van der Waals surface area contributed by atoms with Crippen molar-refractivity contribution in [3.8, 4) is 11.8 Å². The molecule has 0 fully saturated rings. The van der Waals surface area contributed by atoms with Crippen LogP contribution in [-0.4, -0.2) is 9.13 Å². The third-order valence-electron chi connectivity index (χ3n) is 10.5. The van der Waals surface area contributed by atoms with E-state index >= 15 is 0 Å². The van der Waals surface area contributed by atoms with Crippen LogP contribution in [0.1, 0.15) is 65.7 Å². The SMILES string of the molecule is N#Cc1cccc(-n2c3c(c4ccccc42)C=CCC3C2=CC=CCC2C2=CC=CCC2n2c3c(c4ccccc42)C=CCC3)c1. The lowest BCUT2D eigenvalue weighted by Gasteiger charge is -2.37. The molecule has 3 aromatic carbocycles. The lowest BCUT2D eigenvalue weighted by molar-refractivity contribution is 0.492. The maximum absolute atomic E-state index is 9.78. The fourth-order valence-corrected chi connectivity index (χ4v) is 8.65. The van der Waals surface area contributed by atoms with Crippen LogP contribution in [0.5, 0.6) is 0 Å². The Balaban J connectivity index is 1.20. The van der Waals surface area contributed by atoms with Crippen molar-refractivity contribution in [1.82, 2.24) is 9.13 Å². The minimum absolute atomic E-state index is 0.221. The van der Waals surface area contributed by atoms with Gasteiger partial charge in [-0.15, -0.1) is 0 Å². The quantitative estimate of drug-likeness (QED) is 0.204. The topological polar surface area (TPSA) is 33.6 Å².